The smallest absolute Gasteiger partial charge is 0.248 e. The summed E-state index contributed by atoms with van der Waals surface area (Å²) < 4.78 is 37.2. The Balaban J connectivity index is 1.38. The van der Waals surface area contributed by atoms with Crippen LogP contribution in [0.1, 0.15) is 60.4 Å². The minimum Gasteiger partial charge on any atom is -0.472 e. The number of sulfonamides is 1. The van der Waals surface area contributed by atoms with Gasteiger partial charge < -0.3 is 15.4 Å². The molecule has 0 bridgehead atoms. The third kappa shape index (κ3) is 6.45. The van der Waals surface area contributed by atoms with Gasteiger partial charge in [-0.2, -0.15) is 4.31 Å². The third-order valence-electron chi connectivity index (χ3n) is 8.82. The van der Waals surface area contributed by atoms with Crippen molar-refractivity contribution in [3.05, 3.63) is 88.9 Å². The molecule has 2 aromatic carbocycles. The van der Waals surface area contributed by atoms with Crippen LogP contribution in [0.5, 0.6) is 5.88 Å². The first-order valence-corrected chi connectivity index (χ1v) is 17.4. The SMILES string of the molecule is CC[C@@H]1CN(Cc2cc(C(CC(=O)Nc3cnc(NC)nc3)c3ccc4c(nnn4CC)c3C)ccc2C)S(=O)(=O)c2cccnc2O1. The zero-order valence-electron chi connectivity index (χ0n) is 27.6. The molecule has 0 radical (unpaired) electrons. The second kappa shape index (κ2) is 13.6. The summed E-state index contributed by atoms with van der Waals surface area (Å²) in [5.41, 5.74) is 6.66. The van der Waals surface area contributed by atoms with Crippen molar-refractivity contribution in [3.8, 4) is 5.88 Å². The lowest BCUT2D eigenvalue weighted by atomic mass is 9.84. The van der Waals surface area contributed by atoms with Gasteiger partial charge in [-0.05, 0) is 73.2 Å². The number of hydrogen-bond acceptors (Lipinski definition) is 10. The van der Waals surface area contributed by atoms with Gasteiger partial charge in [-0.15, -0.1) is 5.10 Å². The van der Waals surface area contributed by atoms with Crippen LogP contribution in [0.3, 0.4) is 0 Å². The first-order valence-electron chi connectivity index (χ1n) is 16.0. The molecule has 14 heteroatoms. The van der Waals surface area contributed by atoms with Crippen molar-refractivity contribution in [2.45, 2.75) is 70.5 Å². The minimum absolute atomic E-state index is 0.0556. The monoisotopic (exact) mass is 669 g/mol. The summed E-state index contributed by atoms with van der Waals surface area (Å²) in [4.78, 5) is 26.3. The van der Waals surface area contributed by atoms with E-state index >= 15 is 0 Å². The largest absolute Gasteiger partial charge is 0.472 e. The first kappa shape index (κ1) is 33.0. The Morgan fingerprint density at radius 3 is 2.60 bits per heavy atom. The Hall–Kier alpha value is -4.95. The molecule has 2 atom stereocenters. The second-order valence-corrected chi connectivity index (χ2v) is 13.7. The zero-order chi connectivity index (χ0) is 34.0. The van der Waals surface area contributed by atoms with Gasteiger partial charge >= 0.3 is 0 Å². The lowest BCUT2D eigenvalue weighted by molar-refractivity contribution is -0.116. The lowest BCUT2D eigenvalue weighted by Crippen LogP contribution is -2.36. The number of carbonyl (C=O) groups excluding carboxylic acids is 1. The minimum atomic E-state index is -3.90. The highest BCUT2D eigenvalue weighted by molar-refractivity contribution is 7.89. The molecule has 6 rings (SSSR count). The molecule has 48 heavy (non-hydrogen) atoms. The van der Waals surface area contributed by atoms with Gasteiger partial charge in [0.05, 0.1) is 30.1 Å². The fraction of sp³-hybridized carbons (Fsp3) is 0.353. The number of ether oxygens (including phenoxy) is 1. The predicted molar refractivity (Wildman–Crippen MR) is 182 cm³/mol. The molecule has 2 N–H and O–H groups in total. The van der Waals surface area contributed by atoms with Crippen molar-refractivity contribution in [1.82, 2.24) is 34.3 Å². The average molecular weight is 670 g/mol. The molecule has 4 heterocycles. The van der Waals surface area contributed by atoms with Crippen LogP contribution in [0, 0.1) is 13.8 Å². The molecule has 0 saturated carbocycles. The number of nitrogens with zero attached hydrogens (tertiary/aromatic N) is 7. The van der Waals surface area contributed by atoms with Crippen LogP contribution in [0.25, 0.3) is 11.0 Å². The number of pyridine rings is 1. The van der Waals surface area contributed by atoms with Crippen LogP contribution in [0.2, 0.25) is 0 Å². The first-order chi connectivity index (χ1) is 23.1. The molecular formula is C34H39N9O4S. The van der Waals surface area contributed by atoms with Gasteiger partial charge in [0, 0.05) is 38.7 Å². The fourth-order valence-electron chi connectivity index (χ4n) is 6.07. The van der Waals surface area contributed by atoms with Crippen molar-refractivity contribution < 1.29 is 17.9 Å². The van der Waals surface area contributed by atoms with E-state index in [0.29, 0.717) is 24.6 Å². The van der Waals surface area contributed by atoms with Crippen LogP contribution < -0.4 is 15.4 Å². The number of rotatable bonds is 10. The van der Waals surface area contributed by atoms with Gasteiger partial charge in [0.2, 0.25) is 27.8 Å². The number of benzene rings is 2. The molecule has 1 aliphatic rings. The molecule has 5 aromatic rings. The Labute approximate surface area is 279 Å². The van der Waals surface area contributed by atoms with Crippen molar-refractivity contribution >= 4 is 38.6 Å². The number of fused-ring (bicyclic) bond motifs is 2. The summed E-state index contributed by atoms with van der Waals surface area (Å²) in [6.07, 6.45) is 5.01. The summed E-state index contributed by atoms with van der Waals surface area (Å²) in [5.74, 6) is -0.0254. The summed E-state index contributed by atoms with van der Waals surface area (Å²) in [7, 11) is -2.18. The Kier molecular flexibility index (Phi) is 9.38. The maximum Gasteiger partial charge on any atom is 0.248 e. The van der Waals surface area contributed by atoms with Gasteiger partial charge in [0.1, 0.15) is 16.5 Å². The average Bonchev–Trinajstić information content (AvgIpc) is 3.48. The lowest BCUT2D eigenvalue weighted by Gasteiger charge is -2.25. The zero-order valence-corrected chi connectivity index (χ0v) is 28.5. The van der Waals surface area contributed by atoms with E-state index < -0.39 is 10.0 Å². The van der Waals surface area contributed by atoms with Gasteiger partial charge in [-0.25, -0.2) is 28.1 Å². The molecular weight excluding hydrogens is 631 g/mol. The highest BCUT2D eigenvalue weighted by atomic mass is 32.2. The van der Waals surface area contributed by atoms with E-state index in [2.05, 4.69) is 35.9 Å². The van der Waals surface area contributed by atoms with E-state index in [-0.39, 0.29) is 48.2 Å². The molecule has 1 aliphatic heterocycles. The van der Waals surface area contributed by atoms with Crippen molar-refractivity contribution in [2.75, 3.05) is 24.2 Å². The summed E-state index contributed by atoms with van der Waals surface area (Å²) >= 11 is 0. The quantitative estimate of drug-likeness (QED) is 0.211. The van der Waals surface area contributed by atoms with Crippen LogP contribution >= 0.6 is 0 Å². The fourth-order valence-corrected chi connectivity index (χ4v) is 7.59. The summed E-state index contributed by atoms with van der Waals surface area (Å²) in [5, 5.41) is 14.6. The van der Waals surface area contributed by atoms with Gasteiger partial charge in [0.15, 0.2) is 0 Å². The number of aryl methyl sites for hydroxylation is 3. The molecule has 13 nitrogen and oxygen atoms in total. The number of amides is 1. The number of anilines is 2. The van der Waals surface area contributed by atoms with E-state index in [0.717, 1.165) is 38.9 Å². The van der Waals surface area contributed by atoms with Gasteiger partial charge in [-0.1, -0.05) is 36.4 Å². The molecule has 1 amide bonds. The Morgan fingerprint density at radius 1 is 1.08 bits per heavy atom. The van der Waals surface area contributed by atoms with Gasteiger partial charge in [0.25, 0.3) is 0 Å². The normalized spacial score (nSPS) is 16.5. The molecule has 0 fully saturated rings. The van der Waals surface area contributed by atoms with E-state index in [1.54, 1.807) is 25.5 Å². The van der Waals surface area contributed by atoms with Crippen LogP contribution in [0.15, 0.2) is 66.0 Å². The highest BCUT2D eigenvalue weighted by Gasteiger charge is 2.35. The number of nitrogens with one attached hydrogen (secondary N) is 2. The van der Waals surface area contributed by atoms with E-state index in [4.69, 9.17) is 4.74 Å². The Morgan fingerprint density at radius 2 is 1.88 bits per heavy atom. The maximum atomic E-state index is 13.9. The number of aromatic nitrogens is 6. The van der Waals surface area contributed by atoms with E-state index in [1.165, 1.54) is 16.6 Å². The van der Waals surface area contributed by atoms with E-state index in [1.807, 2.05) is 62.7 Å². The van der Waals surface area contributed by atoms with Gasteiger partial charge in [-0.3, -0.25) is 4.79 Å². The predicted octanol–water partition coefficient (Wildman–Crippen LogP) is 4.82. The second-order valence-electron chi connectivity index (χ2n) is 11.8. The van der Waals surface area contributed by atoms with Crippen molar-refractivity contribution in [2.24, 2.45) is 0 Å². The van der Waals surface area contributed by atoms with Crippen molar-refractivity contribution in [3.63, 3.8) is 0 Å². The highest BCUT2D eigenvalue weighted by Crippen LogP contribution is 2.36. The molecule has 3 aromatic heterocycles. The number of carbonyl (C=O) groups is 1. The van der Waals surface area contributed by atoms with Crippen LogP contribution in [-0.2, 0) is 27.9 Å². The molecule has 0 spiro atoms. The van der Waals surface area contributed by atoms with E-state index in [9.17, 15) is 13.2 Å². The van der Waals surface area contributed by atoms with Crippen LogP contribution in [0.4, 0.5) is 11.6 Å². The van der Waals surface area contributed by atoms with Crippen molar-refractivity contribution in [1.29, 1.82) is 0 Å². The maximum absolute atomic E-state index is 13.9. The topological polar surface area (TPSA) is 157 Å². The standard InChI is InChI=1S/C34H39N9O4S/c1-6-26-20-42(48(45,46)30-9-8-14-36-33(30)47-26)19-24-15-23(11-10-21(24)3)28(16-31(44)39-25-17-37-34(35-5)38-18-25)27-12-13-29-32(22(27)4)40-41-43(29)7-2/h8-15,17-18,26,28H,6-7,16,19-20H2,1-5H3,(H,39,44)(H,35,37,38)/t26-,28?/m1/s1. The Bertz CT molecular complexity index is 2070. The summed E-state index contributed by atoms with van der Waals surface area (Å²) in [6.45, 7) is 8.93. The number of hydrogen-bond donors (Lipinski definition) is 2. The molecule has 1 unspecified atom stereocenters. The van der Waals surface area contributed by atoms with Crippen LogP contribution in [-0.4, -0.2) is 68.3 Å². The summed E-state index contributed by atoms with van der Waals surface area (Å²) in [6, 6.07) is 13.2. The molecule has 250 valence electrons. The molecule has 0 aliphatic carbocycles. The third-order valence-corrected chi connectivity index (χ3v) is 10.6. The molecule has 0 saturated heterocycles.